The SMILES string of the molecule is CC(O)(CNC(=O)C(C)(C)c1ccc([N+](=O)[O-])cc1)C(=O)O. The fourth-order valence-corrected chi connectivity index (χ4v) is 1.68. The lowest BCUT2D eigenvalue weighted by Gasteiger charge is -2.26. The summed E-state index contributed by atoms with van der Waals surface area (Å²) in [5, 5.41) is 31.4. The van der Waals surface area contributed by atoms with Crippen molar-refractivity contribution in [2.75, 3.05) is 6.54 Å². The van der Waals surface area contributed by atoms with Crippen molar-refractivity contribution in [3.8, 4) is 0 Å². The Balaban J connectivity index is 2.86. The Morgan fingerprint density at radius 2 is 1.73 bits per heavy atom. The maximum atomic E-state index is 12.2. The zero-order valence-corrected chi connectivity index (χ0v) is 12.5. The number of benzene rings is 1. The minimum Gasteiger partial charge on any atom is -0.479 e. The normalized spacial score (nSPS) is 14.0. The molecule has 0 aromatic heterocycles. The molecule has 0 bridgehead atoms. The van der Waals surface area contributed by atoms with Crippen LogP contribution in [0.2, 0.25) is 0 Å². The highest BCUT2D eigenvalue weighted by molar-refractivity contribution is 5.88. The standard InChI is InChI=1S/C14H18N2O6/c1-13(2,9-4-6-10(7-5-9)16(21)22)11(17)15-8-14(3,20)12(18)19/h4-7,20H,8H2,1-3H3,(H,15,17)(H,18,19). The van der Waals surface area contributed by atoms with Gasteiger partial charge < -0.3 is 15.5 Å². The topological polar surface area (TPSA) is 130 Å². The third-order valence-corrected chi connectivity index (χ3v) is 3.42. The first-order chi connectivity index (χ1) is 9.98. The fourth-order valence-electron chi connectivity index (χ4n) is 1.68. The molecule has 1 amide bonds. The molecular weight excluding hydrogens is 292 g/mol. The lowest BCUT2D eigenvalue weighted by Crippen LogP contribution is -2.50. The van der Waals surface area contributed by atoms with Gasteiger partial charge in [0.1, 0.15) is 0 Å². The summed E-state index contributed by atoms with van der Waals surface area (Å²) in [5.74, 6) is -1.94. The number of carboxylic acids is 1. The predicted molar refractivity (Wildman–Crippen MR) is 77.4 cm³/mol. The third-order valence-electron chi connectivity index (χ3n) is 3.42. The van der Waals surface area contributed by atoms with E-state index < -0.39 is 34.4 Å². The number of hydrogen-bond acceptors (Lipinski definition) is 5. The van der Waals surface area contributed by atoms with Crippen molar-refractivity contribution in [3.63, 3.8) is 0 Å². The molecule has 0 saturated carbocycles. The fraction of sp³-hybridized carbons (Fsp3) is 0.429. The number of nitro groups is 1. The molecule has 0 spiro atoms. The van der Waals surface area contributed by atoms with Gasteiger partial charge in [0.2, 0.25) is 5.91 Å². The first kappa shape index (κ1) is 17.6. The Morgan fingerprint density at radius 3 is 2.14 bits per heavy atom. The Kier molecular flexibility index (Phi) is 4.87. The molecule has 0 radical (unpaired) electrons. The maximum absolute atomic E-state index is 12.2. The van der Waals surface area contributed by atoms with Crippen molar-refractivity contribution in [2.45, 2.75) is 31.8 Å². The summed E-state index contributed by atoms with van der Waals surface area (Å²) in [6.45, 7) is 3.82. The molecule has 1 aromatic carbocycles. The molecule has 3 N–H and O–H groups in total. The molecule has 1 atom stereocenters. The van der Waals surface area contributed by atoms with E-state index in [1.165, 1.54) is 24.3 Å². The Morgan fingerprint density at radius 1 is 1.23 bits per heavy atom. The Labute approximate surface area is 126 Å². The first-order valence-corrected chi connectivity index (χ1v) is 6.47. The minimum absolute atomic E-state index is 0.0891. The van der Waals surface area contributed by atoms with Gasteiger partial charge in [-0.2, -0.15) is 0 Å². The van der Waals surface area contributed by atoms with Crippen LogP contribution in [0.15, 0.2) is 24.3 Å². The first-order valence-electron chi connectivity index (χ1n) is 6.47. The number of nitro benzene ring substituents is 1. The molecule has 8 nitrogen and oxygen atoms in total. The Hall–Kier alpha value is -2.48. The van der Waals surface area contributed by atoms with Crippen LogP contribution in [-0.4, -0.2) is 39.2 Å². The predicted octanol–water partition coefficient (Wildman–Crippen LogP) is 0.824. The number of aliphatic hydroxyl groups is 1. The van der Waals surface area contributed by atoms with Crippen LogP contribution in [-0.2, 0) is 15.0 Å². The molecule has 22 heavy (non-hydrogen) atoms. The average Bonchev–Trinajstić information content (AvgIpc) is 2.44. The lowest BCUT2D eigenvalue weighted by molar-refractivity contribution is -0.384. The van der Waals surface area contributed by atoms with Gasteiger partial charge in [-0.3, -0.25) is 14.9 Å². The molecule has 0 fully saturated rings. The summed E-state index contributed by atoms with van der Waals surface area (Å²) in [4.78, 5) is 33.1. The van der Waals surface area contributed by atoms with E-state index in [1.807, 2.05) is 0 Å². The van der Waals surface area contributed by atoms with Crippen molar-refractivity contribution in [3.05, 3.63) is 39.9 Å². The summed E-state index contributed by atoms with van der Waals surface area (Å²) >= 11 is 0. The van der Waals surface area contributed by atoms with Crippen molar-refractivity contribution >= 4 is 17.6 Å². The van der Waals surface area contributed by atoms with Gasteiger partial charge in [-0.25, -0.2) is 4.79 Å². The highest BCUT2D eigenvalue weighted by atomic mass is 16.6. The lowest BCUT2D eigenvalue weighted by atomic mass is 9.83. The van der Waals surface area contributed by atoms with Crippen LogP contribution in [0.25, 0.3) is 0 Å². The second-order valence-electron chi connectivity index (χ2n) is 5.69. The van der Waals surface area contributed by atoms with Gasteiger partial charge in [0.05, 0.1) is 16.9 Å². The number of carbonyl (C=O) groups is 2. The van der Waals surface area contributed by atoms with E-state index in [-0.39, 0.29) is 5.69 Å². The van der Waals surface area contributed by atoms with Gasteiger partial charge in [-0.1, -0.05) is 12.1 Å². The molecule has 8 heteroatoms. The van der Waals surface area contributed by atoms with Crippen molar-refractivity contribution < 1.29 is 24.7 Å². The average molecular weight is 310 g/mol. The quantitative estimate of drug-likeness (QED) is 0.527. The van der Waals surface area contributed by atoms with Crippen LogP contribution in [0.3, 0.4) is 0 Å². The third kappa shape index (κ3) is 3.79. The van der Waals surface area contributed by atoms with Crippen LogP contribution >= 0.6 is 0 Å². The van der Waals surface area contributed by atoms with E-state index in [0.717, 1.165) is 6.92 Å². The van der Waals surface area contributed by atoms with E-state index in [9.17, 15) is 24.8 Å². The number of amides is 1. The number of carbonyl (C=O) groups excluding carboxylic acids is 1. The zero-order chi connectivity index (χ0) is 17.1. The summed E-state index contributed by atoms with van der Waals surface area (Å²) in [6, 6.07) is 5.51. The van der Waals surface area contributed by atoms with Gasteiger partial charge in [-0.05, 0) is 26.3 Å². The summed E-state index contributed by atoms with van der Waals surface area (Å²) in [5.41, 5.74) is -2.66. The molecular formula is C14H18N2O6. The smallest absolute Gasteiger partial charge is 0.337 e. The van der Waals surface area contributed by atoms with Crippen molar-refractivity contribution in [1.82, 2.24) is 5.32 Å². The summed E-state index contributed by atoms with van der Waals surface area (Å²) < 4.78 is 0. The number of rotatable bonds is 6. The number of carboxylic acid groups (broad SMARTS) is 1. The molecule has 0 heterocycles. The van der Waals surface area contributed by atoms with Gasteiger partial charge in [0, 0.05) is 12.1 Å². The number of aliphatic carboxylic acids is 1. The van der Waals surface area contributed by atoms with Crippen molar-refractivity contribution in [2.24, 2.45) is 0 Å². The van der Waals surface area contributed by atoms with Gasteiger partial charge in [0.15, 0.2) is 5.60 Å². The minimum atomic E-state index is -2.07. The van der Waals surface area contributed by atoms with Crippen LogP contribution in [0.1, 0.15) is 26.3 Å². The largest absolute Gasteiger partial charge is 0.479 e. The van der Waals surface area contributed by atoms with Crippen LogP contribution in [0.4, 0.5) is 5.69 Å². The molecule has 0 aliphatic carbocycles. The molecule has 0 saturated heterocycles. The monoisotopic (exact) mass is 310 g/mol. The maximum Gasteiger partial charge on any atom is 0.337 e. The molecule has 1 unspecified atom stereocenters. The van der Waals surface area contributed by atoms with Crippen LogP contribution in [0.5, 0.6) is 0 Å². The van der Waals surface area contributed by atoms with E-state index in [1.54, 1.807) is 13.8 Å². The highest BCUT2D eigenvalue weighted by Crippen LogP contribution is 2.25. The van der Waals surface area contributed by atoms with E-state index in [4.69, 9.17) is 5.11 Å². The molecule has 0 aliphatic heterocycles. The van der Waals surface area contributed by atoms with Gasteiger partial charge in [0.25, 0.3) is 5.69 Å². The van der Waals surface area contributed by atoms with E-state index in [2.05, 4.69) is 5.32 Å². The molecule has 120 valence electrons. The second kappa shape index (κ2) is 6.10. The molecule has 1 aromatic rings. The highest BCUT2D eigenvalue weighted by Gasteiger charge is 2.34. The van der Waals surface area contributed by atoms with Gasteiger partial charge in [-0.15, -0.1) is 0 Å². The van der Waals surface area contributed by atoms with Crippen molar-refractivity contribution in [1.29, 1.82) is 0 Å². The number of hydrogen-bond donors (Lipinski definition) is 3. The number of nitrogens with zero attached hydrogens (tertiary/aromatic N) is 1. The van der Waals surface area contributed by atoms with Gasteiger partial charge >= 0.3 is 5.97 Å². The molecule has 0 aliphatic rings. The van der Waals surface area contributed by atoms with Crippen LogP contribution in [0, 0.1) is 10.1 Å². The van der Waals surface area contributed by atoms with Crippen LogP contribution < -0.4 is 5.32 Å². The summed E-state index contributed by atoms with van der Waals surface area (Å²) in [6.07, 6.45) is 0. The van der Waals surface area contributed by atoms with E-state index >= 15 is 0 Å². The second-order valence-corrected chi connectivity index (χ2v) is 5.69. The number of nitrogens with one attached hydrogen (secondary N) is 1. The Bertz CT molecular complexity index is 592. The summed E-state index contributed by atoms with van der Waals surface area (Å²) in [7, 11) is 0. The number of non-ortho nitro benzene ring substituents is 1. The van der Waals surface area contributed by atoms with E-state index in [0.29, 0.717) is 5.56 Å². The molecule has 1 rings (SSSR count). The zero-order valence-electron chi connectivity index (χ0n) is 12.5.